The number of hydrogen-bond acceptors (Lipinski definition) is 4. The number of rotatable bonds is 4. The molecule has 0 aliphatic carbocycles. The summed E-state index contributed by atoms with van der Waals surface area (Å²) in [6.45, 7) is 0. The maximum Gasteiger partial charge on any atom is 0.262 e. The summed E-state index contributed by atoms with van der Waals surface area (Å²) >= 11 is 6.60. The minimum absolute atomic E-state index is 0.0698. The molecule has 0 aliphatic rings. The van der Waals surface area contributed by atoms with E-state index in [0.29, 0.717) is 21.6 Å². The van der Waals surface area contributed by atoms with Gasteiger partial charge >= 0.3 is 0 Å². The molecule has 0 unspecified atom stereocenters. The van der Waals surface area contributed by atoms with Crippen LogP contribution in [0.4, 0.5) is 11.4 Å². The Morgan fingerprint density at radius 3 is 2.52 bits per heavy atom. The van der Waals surface area contributed by atoms with Gasteiger partial charge in [0.25, 0.3) is 10.0 Å². The first-order chi connectivity index (χ1) is 9.83. The first kappa shape index (κ1) is 16.1. The van der Waals surface area contributed by atoms with Gasteiger partial charge in [-0.25, -0.2) is 8.42 Å². The van der Waals surface area contributed by atoms with Crippen molar-refractivity contribution in [1.29, 1.82) is 0 Å². The van der Waals surface area contributed by atoms with Crippen LogP contribution in [0.2, 0.25) is 0 Å². The lowest BCUT2D eigenvalue weighted by atomic mass is 10.3. The lowest BCUT2D eigenvalue weighted by Gasteiger charge is -2.12. The molecule has 0 saturated carbocycles. The molecule has 2 aromatic carbocycles. The van der Waals surface area contributed by atoms with Crippen LogP contribution in [0.3, 0.4) is 0 Å². The quantitative estimate of drug-likeness (QED) is 0.718. The van der Waals surface area contributed by atoms with Gasteiger partial charge in [0, 0.05) is 15.0 Å². The fourth-order valence-corrected chi connectivity index (χ4v) is 3.56. The van der Waals surface area contributed by atoms with Gasteiger partial charge in [-0.2, -0.15) is 0 Å². The molecule has 0 fully saturated rings. The largest absolute Gasteiger partial charge is 0.495 e. The van der Waals surface area contributed by atoms with Crippen LogP contribution < -0.4 is 15.2 Å². The van der Waals surface area contributed by atoms with Crippen LogP contribution in [0.1, 0.15) is 0 Å². The molecule has 5 nitrogen and oxygen atoms in total. The number of anilines is 2. The molecule has 0 spiro atoms. The zero-order chi connectivity index (χ0) is 15.6. The fourth-order valence-electron chi connectivity index (χ4n) is 1.64. The highest BCUT2D eigenvalue weighted by Gasteiger charge is 2.17. The summed E-state index contributed by atoms with van der Waals surface area (Å²) < 4.78 is 33.8. The molecule has 0 bridgehead atoms. The second kappa shape index (κ2) is 6.25. The van der Waals surface area contributed by atoms with E-state index in [1.165, 1.54) is 25.3 Å². The van der Waals surface area contributed by atoms with Crippen molar-refractivity contribution < 1.29 is 13.2 Å². The molecule has 112 valence electrons. The van der Waals surface area contributed by atoms with Crippen LogP contribution in [0.15, 0.2) is 50.2 Å². The average Bonchev–Trinajstić information content (AvgIpc) is 2.43. The number of ether oxygens (including phenoxy) is 1. The van der Waals surface area contributed by atoms with Gasteiger partial charge in [-0.3, -0.25) is 4.72 Å². The number of methoxy groups -OCH3 is 1. The van der Waals surface area contributed by atoms with E-state index < -0.39 is 10.0 Å². The number of sulfonamides is 1. The van der Waals surface area contributed by atoms with Crippen molar-refractivity contribution in [3.8, 4) is 5.75 Å². The van der Waals surface area contributed by atoms with E-state index in [1.807, 2.05) is 0 Å². The minimum Gasteiger partial charge on any atom is -0.495 e. The predicted octanol–water partition coefficient (Wildman–Crippen LogP) is 3.60. The molecule has 0 saturated heterocycles. The van der Waals surface area contributed by atoms with Crippen molar-refractivity contribution in [2.75, 3.05) is 17.6 Å². The maximum absolute atomic E-state index is 12.4. The standard InChI is InChI=1S/C13H12Br2N2O3S/c1-20-13-7-9(3-5-11(13)16)21(18,19)17-12-6-8(14)2-4-10(12)15/h2-7,17H,16H2,1H3. The van der Waals surface area contributed by atoms with Crippen molar-refractivity contribution in [3.63, 3.8) is 0 Å². The highest BCUT2D eigenvalue weighted by atomic mass is 79.9. The number of halogens is 2. The van der Waals surface area contributed by atoms with E-state index >= 15 is 0 Å². The zero-order valence-electron chi connectivity index (χ0n) is 10.9. The van der Waals surface area contributed by atoms with Crippen molar-refractivity contribution >= 4 is 53.3 Å². The van der Waals surface area contributed by atoms with Gasteiger partial charge in [-0.05, 0) is 46.3 Å². The van der Waals surface area contributed by atoms with Crippen molar-refractivity contribution in [3.05, 3.63) is 45.3 Å². The fraction of sp³-hybridized carbons (Fsp3) is 0.0769. The van der Waals surface area contributed by atoms with Gasteiger partial charge in [0.05, 0.1) is 23.4 Å². The predicted molar refractivity (Wildman–Crippen MR) is 90.1 cm³/mol. The SMILES string of the molecule is COc1cc(S(=O)(=O)Nc2cc(Br)ccc2Br)ccc1N. The van der Waals surface area contributed by atoms with Crippen molar-refractivity contribution in [2.24, 2.45) is 0 Å². The van der Waals surface area contributed by atoms with E-state index in [4.69, 9.17) is 10.5 Å². The molecule has 0 radical (unpaired) electrons. The van der Waals surface area contributed by atoms with E-state index in [9.17, 15) is 8.42 Å². The van der Waals surface area contributed by atoms with Gasteiger partial charge < -0.3 is 10.5 Å². The molecule has 0 heterocycles. The molecule has 8 heteroatoms. The molecule has 0 aliphatic heterocycles. The second-order valence-corrected chi connectivity index (χ2v) is 7.59. The summed E-state index contributed by atoms with van der Waals surface area (Å²) in [6, 6.07) is 9.49. The summed E-state index contributed by atoms with van der Waals surface area (Å²) in [5, 5.41) is 0. The summed E-state index contributed by atoms with van der Waals surface area (Å²) in [5.41, 5.74) is 6.49. The maximum atomic E-state index is 12.4. The first-order valence-corrected chi connectivity index (χ1v) is 8.82. The van der Waals surface area contributed by atoms with Crippen molar-refractivity contribution in [2.45, 2.75) is 4.90 Å². The zero-order valence-corrected chi connectivity index (χ0v) is 14.9. The molecule has 2 aromatic rings. The smallest absolute Gasteiger partial charge is 0.262 e. The Morgan fingerprint density at radius 2 is 1.86 bits per heavy atom. The van der Waals surface area contributed by atoms with Gasteiger partial charge in [-0.1, -0.05) is 15.9 Å². The van der Waals surface area contributed by atoms with E-state index in [2.05, 4.69) is 36.6 Å². The minimum atomic E-state index is -3.74. The van der Waals surface area contributed by atoms with Crippen LogP contribution in [0, 0.1) is 0 Å². The second-order valence-electron chi connectivity index (χ2n) is 4.13. The number of nitrogen functional groups attached to an aromatic ring is 1. The van der Waals surface area contributed by atoms with Crippen LogP contribution in [-0.4, -0.2) is 15.5 Å². The van der Waals surface area contributed by atoms with Gasteiger partial charge in [0.15, 0.2) is 0 Å². The van der Waals surface area contributed by atoms with E-state index in [-0.39, 0.29) is 4.90 Å². The highest BCUT2D eigenvalue weighted by molar-refractivity contribution is 9.11. The Labute approximate surface area is 139 Å². The van der Waals surface area contributed by atoms with Crippen LogP contribution in [0.5, 0.6) is 5.75 Å². The molecule has 0 aromatic heterocycles. The summed E-state index contributed by atoms with van der Waals surface area (Å²) in [6.07, 6.45) is 0. The third kappa shape index (κ3) is 3.69. The molecule has 2 rings (SSSR count). The lowest BCUT2D eigenvalue weighted by molar-refractivity contribution is 0.415. The van der Waals surface area contributed by atoms with Crippen LogP contribution >= 0.6 is 31.9 Å². The van der Waals surface area contributed by atoms with Crippen LogP contribution in [-0.2, 0) is 10.0 Å². The molecular weight excluding hydrogens is 424 g/mol. The Kier molecular flexibility index (Phi) is 4.80. The Balaban J connectivity index is 2.41. The monoisotopic (exact) mass is 434 g/mol. The first-order valence-electron chi connectivity index (χ1n) is 5.75. The van der Waals surface area contributed by atoms with Gasteiger partial charge in [0.2, 0.25) is 0 Å². The van der Waals surface area contributed by atoms with Crippen molar-refractivity contribution in [1.82, 2.24) is 0 Å². The van der Waals surface area contributed by atoms with Crippen LogP contribution in [0.25, 0.3) is 0 Å². The third-order valence-electron chi connectivity index (χ3n) is 2.69. The molecule has 21 heavy (non-hydrogen) atoms. The Morgan fingerprint density at radius 1 is 1.14 bits per heavy atom. The normalized spacial score (nSPS) is 11.2. The summed E-state index contributed by atoms with van der Waals surface area (Å²) in [7, 11) is -2.31. The lowest BCUT2D eigenvalue weighted by Crippen LogP contribution is -2.13. The number of nitrogens with one attached hydrogen (secondary N) is 1. The Bertz CT molecular complexity index is 779. The average molecular weight is 436 g/mol. The topological polar surface area (TPSA) is 81.4 Å². The third-order valence-corrected chi connectivity index (χ3v) is 5.24. The van der Waals surface area contributed by atoms with Gasteiger partial charge in [0.1, 0.15) is 5.75 Å². The molecule has 0 amide bonds. The molecule has 3 N–H and O–H groups in total. The van der Waals surface area contributed by atoms with E-state index in [1.54, 1.807) is 18.2 Å². The van der Waals surface area contributed by atoms with Gasteiger partial charge in [-0.15, -0.1) is 0 Å². The Hall–Kier alpha value is -1.25. The highest BCUT2D eigenvalue weighted by Crippen LogP contribution is 2.30. The molecule has 0 atom stereocenters. The summed E-state index contributed by atoms with van der Waals surface area (Å²) in [4.78, 5) is 0.0698. The van der Waals surface area contributed by atoms with E-state index in [0.717, 1.165) is 4.47 Å². The molecular formula is C13H12Br2N2O3S. The number of nitrogens with two attached hydrogens (primary N) is 1. The number of benzene rings is 2. The number of hydrogen-bond donors (Lipinski definition) is 2. The summed E-state index contributed by atoms with van der Waals surface area (Å²) in [5.74, 6) is 0.311.